The number of ether oxygens (including phenoxy) is 4. The van der Waals surface area contributed by atoms with Crippen molar-refractivity contribution in [2.45, 2.75) is 65.3 Å². The molecule has 0 radical (unpaired) electrons. The third-order valence-corrected chi connectivity index (χ3v) is 5.53. The minimum atomic E-state index is -1.43. The predicted molar refractivity (Wildman–Crippen MR) is 126 cm³/mol. The number of carbonyl (C=O) groups excluding carboxylic acids is 5. The van der Waals surface area contributed by atoms with Crippen molar-refractivity contribution in [3.05, 3.63) is 29.8 Å². The van der Waals surface area contributed by atoms with E-state index >= 15 is 0 Å². The van der Waals surface area contributed by atoms with Gasteiger partial charge in [-0.1, -0.05) is 23.4 Å². The van der Waals surface area contributed by atoms with E-state index in [0.717, 1.165) is 13.8 Å². The average Bonchev–Trinajstić information content (AvgIpc) is 3.09. The summed E-state index contributed by atoms with van der Waals surface area (Å²) in [6.07, 6.45) is -5.16. The van der Waals surface area contributed by atoms with Crippen LogP contribution in [-0.4, -0.2) is 79.2 Å². The second kappa shape index (κ2) is 11.8. The number of carbonyl (C=O) groups is 5. The van der Waals surface area contributed by atoms with E-state index in [2.05, 4.69) is 10.5 Å². The van der Waals surface area contributed by atoms with Crippen molar-refractivity contribution in [3.63, 3.8) is 0 Å². The van der Waals surface area contributed by atoms with Crippen molar-refractivity contribution < 1.29 is 47.8 Å². The second-order valence-electron chi connectivity index (χ2n) is 8.33. The molecule has 3 rings (SSSR count). The Morgan fingerprint density at radius 1 is 1.00 bits per heavy atom. The summed E-state index contributed by atoms with van der Waals surface area (Å²) in [4.78, 5) is 67.4. The van der Waals surface area contributed by atoms with Gasteiger partial charge in [0.1, 0.15) is 18.8 Å². The van der Waals surface area contributed by atoms with E-state index in [9.17, 15) is 24.0 Å². The standard InChI is InChI=1S/C24H29N3O10/c1-6-27-17-10-8-7-9-16(17)19(23(27)32)26-37-24-20(25-12(2)28)22(35-15(5)31)21(34-14(4)30)18(36-24)11-33-13(3)29/h7-10,18,20-22,24H,6,11H2,1-5H3,(H,25,28)/b26-19+. The number of esters is 3. The lowest BCUT2D eigenvalue weighted by Gasteiger charge is -2.43. The van der Waals surface area contributed by atoms with Crippen LogP contribution < -0.4 is 10.2 Å². The van der Waals surface area contributed by atoms with Crippen LogP contribution in [0.15, 0.2) is 29.4 Å². The van der Waals surface area contributed by atoms with Gasteiger partial charge in [-0.2, -0.15) is 0 Å². The van der Waals surface area contributed by atoms with E-state index in [4.69, 9.17) is 23.8 Å². The summed E-state index contributed by atoms with van der Waals surface area (Å²) in [5.41, 5.74) is 1.19. The maximum atomic E-state index is 13.0. The summed E-state index contributed by atoms with van der Waals surface area (Å²) in [5.74, 6) is -3.04. The van der Waals surface area contributed by atoms with Gasteiger partial charge in [0.2, 0.25) is 5.91 Å². The molecule has 1 N–H and O–H groups in total. The van der Waals surface area contributed by atoms with E-state index in [1.165, 1.54) is 18.7 Å². The van der Waals surface area contributed by atoms with Gasteiger partial charge in [-0.3, -0.25) is 24.0 Å². The molecule has 1 aromatic carbocycles. The van der Waals surface area contributed by atoms with Crippen LogP contribution in [0.25, 0.3) is 0 Å². The maximum absolute atomic E-state index is 13.0. The van der Waals surface area contributed by atoms with Gasteiger partial charge < -0.3 is 34.0 Å². The molecular weight excluding hydrogens is 490 g/mol. The molecule has 1 fully saturated rings. The largest absolute Gasteiger partial charge is 0.463 e. The number of nitrogens with one attached hydrogen (secondary N) is 1. The minimum Gasteiger partial charge on any atom is -0.463 e. The number of fused-ring (bicyclic) bond motifs is 1. The number of amides is 2. The SMILES string of the molecule is CCN1C(=O)/C(=N/OC2OC(COC(C)=O)C(OC(C)=O)C(OC(C)=O)C2NC(C)=O)c2ccccc21. The molecule has 2 aliphatic heterocycles. The number of benzene rings is 1. The highest BCUT2D eigenvalue weighted by Gasteiger charge is 2.52. The van der Waals surface area contributed by atoms with E-state index in [0.29, 0.717) is 17.8 Å². The Kier molecular flexibility index (Phi) is 8.81. The van der Waals surface area contributed by atoms with Crippen molar-refractivity contribution in [1.29, 1.82) is 0 Å². The molecule has 5 unspecified atom stereocenters. The molecule has 2 heterocycles. The van der Waals surface area contributed by atoms with Crippen LogP contribution >= 0.6 is 0 Å². The van der Waals surface area contributed by atoms with Gasteiger partial charge in [0, 0.05) is 39.8 Å². The van der Waals surface area contributed by atoms with Crippen LogP contribution in [0, 0.1) is 0 Å². The van der Waals surface area contributed by atoms with Gasteiger partial charge in [0.25, 0.3) is 12.2 Å². The number of hydrogen-bond donors (Lipinski definition) is 1. The van der Waals surface area contributed by atoms with Crippen LogP contribution in [-0.2, 0) is 47.8 Å². The van der Waals surface area contributed by atoms with Crippen LogP contribution in [0.4, 0.5) is 5.69 Å². The van der Waals surface area contributed by atoms with Crippen molar-refractivity contribution in [1.82, 2.24) is 5.32 Å². The van der Waals surface area contributed by atoms with Crippen LogP contribution in [0.3, 0.4) is 0 Å². The fourth-order valence-corrected chi connectivity index (χ4v) is 4.15. The first-order valence-electron chi connectivity index (χ1n) is 11.6. The molecule has 37 heavy (non-hydrogen) atoms. The quantitative estimate of drug-likeness (QED) is 0.290. The fraction of sp³-hybridized carbons (Fsp3) is 0.500. The first kappa shape index (κ1) is 27.6. The van der Waals surface area contributed by atoms with Crippen LogP contribution in [0.2, 0.25) is 0 Å². The van der Waals surface area contributed by atoms with E-state index < -0.39 is 60.4 Å². The van der Waals surface area contributed by atoms with E-state index in [-0.39, 0.29) is 12.3 Å². The molecule has 1 saturated heterocycles. The lowest BCUT2D eigenvalue weighted by molar-refractivity contribution is -0.278. The number of anilines is 1. The second-order valence-corrected chi connectivity index (χ2v) is 8.33. The molecule has 13 nitrogen and oxygen atoms in total. The zero-order valence-corrected chi connectivity index (χ0v) is 21.1. The molecular formula is C24H29N3O10. The molecule has 0 aromatic heterocycles. The fourth-order valence-electron chi connectivity index (χ4n) is 4.15. The lowest BCUT2D eigenvalue weighted by Crippen LogP contribution is -2.66. The number of rotatable bonds is 8. The van der Waals surface area contributed by atoms with Crippen LogP contribution in [0.5, 0.6) is 0 Å². The van der Waals surface area contributed by atoms with Crippen molar-refractivity contribution >= 4 is 41.1 Å². The first-order valence-corrected chi connectivity index (χ1v) is 11.6. The molecule has 2 aliphatic rings. The summed E-state index contributed by atoms with van der Waals surface area (Å²) in [5, 5.41) is 6.62. The van der Waals surface area contributed by atoms with Gasteiger partial charge in [0.05, 0.1) is 5.69 Å². The van der Waals surface area contributed by atoms with Gasteiger partial charge >= 0.3 is 17.9 Å². The van der Waals surface area contributed by atoms with Gasteiger partial charge in [-0.05, 0) is 13.0 Å². The highest BCUT2D eigenvalue weighted by Crippen LogP contribution is 2.31. The summed E-state index contributed by atoms with van der Waals surface area (Å²) in [7, 11) is 0. The first-order chi connectivity index (χ1) is 17.5. The molecule has 2 amide bonds. The summed E-state index contributed by atoms with van der Waals surface area (Å²) in [6.45, 7) is 6.49. The Bertz CT molecular complexity index is 1100. The van der Waals surface area contributed by atoms with Gasteiger partial charge in [-0.25, -0.2) is 0 Å². The third kappa shape index (κ3) is 6.42. The zero-order chi connectivity index (χ0) is 27.3. The smallest absolute Gasteiger partial charge is 0.303 e. The Morgan fingerprint density at radius 2 is 1.65 bits per heavy atom. The van der Waals surface area contributed by atoms with Crippen LogP contribution in [0.1, 0.15) is 40.2 Å². The predicted octanol–water partition coefficient (Wildman–Crippen LogP) is 0.430. The molecule has 0 saturated carbocycles. The number of nitrogens with zero attached hydrogens (tertiary/aromatic N) is 2. The van der Waals surface area contributed by atoms with E-state index in [1.54, 1.807) is 24.3 Å². The Hall–Kier alpha value is -4.00. The third-order valence-electron chi connectivity index (χ3n) is 5.53. The Balaban J connectivity index is 2.00. The van der Waals surface area contributed by atoms with Crippen molar-refractivity contribution in [2.24, 2.45) is 5.16 Å². The average molecular weight is 520 g/mol. The molecule has 5 atom stereocenters. The topological polar surface area (TPSA) is 159 Å². The highest BCUT2D eigenvalue weighted by atomic mass is 16.8. The molecule has 1 aromatic rings. The maximum Gasteiger partial charge on any atom is 0.303 e. The van der Waals surface area contributed by atoms with Crippen molar-refractivity contribution in [2.75, 3.05) is 18.1 Å². The Labute approximate surface area is 213 Å². The summed E-state index contributed by atoms with van der Waals surface area (Å²) >= 11 is 0. The highest BCUT2D eigenvalue weighted by molar-refractivity contribution is 6.54. The van der Waals surface area contributed by atoms with Gasteiger partial charge in [-0.15, -0.1) is 0 Å². The van der Waals surface area contributed by atoms with Gasteiger partial charge in [0.15, 0.2) is 17.9 Å². The lowest BCUT2D eigenvalue weighted by atomic mass is 9.96. The monoisotopic (exact) mass is 519 g/mol. The Morgan fingerprint density at radius 3 is 2.24 bits per heavy atom. The summed E-state index contributed by atoms with van der Waals surface area (Å²) in [6, 6.07) is 5.80. The number of likely N-dealkylation sites (N-methyl/N-ethyl adjacent to an activating group) is 1. The molecule has 0 aliphatic carbocycles. The van der Waals surface area contributed by atoms with E-state index in [1.807, 2.05) is 6.92 Å². The zero-order valence-electron chi connectivity index (χ0n) is 21.1. The number of hydrogen-bond acceptors (Lipinski definition) is 11. The molecule has 0 bridgehead atoms. The summed E-state index contributed by atoms with van der Waals surface area (Å²) < 4.78 is 21.7. The molecule has 13 heteroatoms. The minimum absolute atomic E-state index is 0.00491. The normalized spacial score (nSPS) is 25.8. The molecule has 0 spiro atoms. The number of para-hydroxylation sites is 1. The van der Waals surface area contributed by atoms with Crippen molar-refractivity contribution in [3.8, 4) is 0 Å². The molecule has 200 valence electrons. The number of oxime groups is 1.